The van der Waals surface area contributed by atoms with Crippen LogP contribution in [0.15, 0.2) is 9.59 Å². The third-order valence-corrected chi connectivity index (χ3v) is 3.68. The molecular weight excluding hydrogens is 260 g/mol. The highest BCUT2D eigenvalue weighted by atomic mass is 35.5. The summed E-state index contributed by atoms with van der Waals surface area (Å²) in [7, 11) is 0. The van der Waals surface area contributed by atoms with Gasteiger partial charge < -0.3 is 0 Å². The topological polar surface area (TPSA) is 54.9 Å². The lowest BCUT2D eigenvalue weighted by Crippen LogP contribution is -2.39. The van der Waals surface area contributed by atoms with Gasteiger partial charge in [-0.2, -0.15) is 11.8 Å². The van der Waals surface area contributed by atoms with Crippen molar-refractivity contribution in [1.82, 2.24) is 9.55 Å². The minimum Gasteiger partial charge on any atom is -0.297 e. The Morgan fingerprint density at radius 2 is 2.12 bits per heavy atom. The summed E-state index contributed by atoms with van der Waals surface area (Å²) in [6.45, 7) is 3.72. The van der Waals surface area contributed by atoms with Crippen molar-refractivity contribution in [2.24, 2.45) is 0 Å². The van der Waals surface area contributed by atoms with Crippen LogP contribution in [-0.2, 0) is 6.42 Å². The summed E-state index contributed by atoms with van der Waals surface area (Å²) in [6, 6.07) is -0.110. The van der Waals surface area contributed by atoms with Crippen molar-refractivity contribution >= 4 is 23.4 Å². The highest BCUT2D eigenvalue weighted by molar-refractivity contribution is 7.98. The summed E-state index contributed by atoms with van der Waals surface area (Å²) in [5, 5.41) is 0.163. The van der Waals surface area contributed by atoms with Crippen molar-refractivity contribution in [3.63, 3.8) is 0 Å². The average Bonchev–Trinajstić information content (AvgIpc) is 2.26. The first-order chi connectivity index (χ1) is 8.02. The van der Waals surface area contributed by atoms with Gasteiger partial charge in [0.05, 0.1) is 5.56 Å². The Hall–Kier alpha value is -0.680. The van der Waals surface area contributed by atoms with Crippen LogP contribution >= 0.6 is 23.4 Å². The molecule has 0 amide bonds. The van der Waals surface area contributed by atoms with E-state index < -0.39 is 5.69 Å². The van der Waals surface area contributed by atoms with Gasteiger partial charge in [0.1, 0.15) is 5.15 Å². The maximum atomic E-state index is 12.1. The van der Waals surface area contributed by atoms with Gasteiger partial charge in [0.2, 0.25) is 0 Å². The third-order valence-electron chi connectivity index (χ3n) is 2.71. The molecule has 4 nitrogen and oxygen atoms in total. The second kappa shape index (κ2) is 6.31. The van der Waals surface area contributed by atoms with Gasteiger partial charge in [0.15, 0.2) is 0 Å². The predicted octanol–water partition coefficient (Wildman–Crippen LogP) is 2.07. The van der Waals surface area contributed by atoms with E-state index >= 15 is 0 Å². The molecule has 6 heteroatoms. The summed E-state index contributed by atoms with van der Waals surface area (Å²) < 4.78 is 1.26. The molecule has 1 aromatic heterocycles. The van der Waals surface area contributed by atoms with Crippen LogP contribution in [0.1, 0.15) is 31.9 Å². The van der Waals surface area contributed by atoms with Crippen LogP contribution in [-0.4, -0.2) is 21.6 Å². The zero-order valence-electron chi connectivity index (χ0n) is 10.2. The first kappa shape index (κ1) is 14.4. The standard InChI is InChI=1S/C11H17ClN2O2S/c1-4-8-9(12)13-11(16)14(10(8)15)7(2)5-6-17-3/h7H,4-6H2,1-3H3,(H,13,16). The smallest absolute Gasteiger partial charge is 0.297 e. The number of halogens is 1. The minimum atomic E-state index is -0.425. The molecule has 0 saturated heterocycles. The van der Waals surface area contributed by atoms with E-state index in [2.05, 4.69) is 4.98 Å². The van der Waals surface area contributed by atoms with E-state index in [-0.39, 0.29) is 16.8 Å². The zero-order valence-corrected chi connectivity index (χ0v) is 11.8. The Bertz CT molecular complexity index is 495. The van der Waals surface area contributed by atoms with Crippen LogP contribution < -0.4 is 11.2 Å². The predicted molar refractivity (Wildman–Crippen MR) is 73.4 cm³/mol. The van der Waals surface area contributed by atoms with Crippen molar-refractivity contribution in [2.45, 2.75) is 32.7 Å². The van der Waals surface area contributed by atoms with Crippen LogP contribution in [0.5, 0.6) is 0 Å². The second-order valence-electron chi connectivity index (χ2n) is 3.88. The van der Waals surface area contributed by atoms with Crippen molar-refractivity contribution < 1.29 is 0 Å². The largest absolute Gasteiger partial charge is 0.329 e. The summed E-state index contributed by atoms with van der Waals surface area (Å²) in [6.07, 6.45) is 3.30. The molecule has 96 valence electrons. The Balaban J connectivity index is 3.24. The quantitative estimate of drug-likeness (QED) is 0.838. The first-order valence-corrected chi connectivity index (χ1v) is 7.32. The van der Waals surface area contributed by atoms with Crippen molar-refractivity contribution in [2.75, 3.05) is 12.0 Å². The summed E-state index contributed by atoms with van der Waals surface area (Å²) in [5.74, 6) is 0.914. The number of aromatic amines is 1. The molecular formula is C11H17ClN2O2S. The Kier molecular flexibility index (Phi) is 5.33. The average molecular weight is 277 g/mol. The molecule has 0 aliphatic rings. The fourth-order valence-electron chi connectivity index (χ4n) is 1.69. The number of hydrogen-bond donors (Lipinski definition) is 1. The van der Waals surface area contributed by atoms with E-state index in [1.807, 2.05) is 20.1 Å². The van der Waals surface area contributed by atoms with Gasteiger partial charge in [-0.1, -0.05) is 18.5 Å². The first-order valence-electron chi connectivity index (χ1n) is 5.55. The molecule has 1 rings (SSSR count). The van der Waals surface area contributed by atoms with Crippen LogP contribution in [0.3, 0.4) is 0 Å². The number of nitrogens with zero attached hydrogens (tertiary/aromatic N) is 1. The van der Waals surface area contributed by atoms with Gasteiger partial charge in [0, 0.05) is 6.04 Å². The van der Waals surface area contributed by atoms with E-state index in [9.17, 15) is 9.59 Å². The molecule has 0 radical (unpaired) electrons. The third kappa shape index (κ3) is 3.16. The van der Waals surface area contributed by atoms with Crippen molar-refractivity contribution in [3.8, 4) is 0 Å². The number of thioether (sulfide) groups is 1. The maximum Gasteiger partial charge on any atom is 0.329 e. The number of rotatable bonds is 5. The highest BCUT2D eigenvalue weighted by Crippen LogP contribution is 2.12. The molecule has 0 bridgehead atoms. The molecule has 0 aliphatic carbocycles. The fourth-order valence-corrected chi connectivity index (χ4v) is 2.56. The molecule has 0 aliphatic heterocycles. The number of aromatic nitrogens is 2. The van der Waals surface area contributed by atoms with Crippen LogP contribution in [0.2, 0.25) is 5.15 Å². The Labute approximate surface area is 109 Å². The molecule has 1 N–H and O–H groups in total. The monoisotopic (exact) mass is 276 g/mol. The van der Waals surface area contributed by atoms with Gasteiger partial charge >= 0.3 is 5.69 Å². The van der Waals surface area contributed by atoms with Gasteiger partial charge in [-0.05, 0) is 31.8 Å². The Morgan fingerprint density at radius 1 is 1.47 bits per heavy atom. The van der Waals surface area contributed by atoms with E-state index in [0.29, 0.717) is 12.0 Å². The molecule has 0 fully saturated rings. The molecule has 1 atom stereocenters. The Morgan fingerprint density at radius 3 is 2.65 bits per heavy atom. The molecule has 1 aromatic rings. The number of H-pyrrole nitrogens is 1. The van der Waals surface area contributed by atoms with E-state index in [4.69, 9.17) is 11.6 Å². The van der Waals surface area contributed by atoms with Crippen molar-refractivity contribution in [1.29, 1.82) is 0 Å². The summed E-state index contributed by atoms with van der Waals surface area (Å²) in [5.41, 5.74) is -0.220. The van der Waals surface area contributed by atoms with E-state index in [1.165, 1.54) is 4.57 Å². The molecule has 0 aromatic carbocycles. The van der Waals surface area contributed by atoms with Gasteiger partial charge in [-0.15, -0.1) is 0 Å². The molecule has 1 heterocycles. The maximum absolute atomic E-state index is 12.1. The number of hydrogen-bond acceptors (Lipinski definition) is 3. The molecule has 0 saturated carbocycles. The highest BCUT2D eigenvalue weighted by Gasteiger charge is 2.15. The normalized spacial score (nSPS) is 12.7. The lowest BCUT2D eigenvalue weighted by Gasteiger charge is -2.14. The fraction of sp³-hybridized carbons (Fsp3) is 0.636. The number of nitrogens with one attached hydrogen (secondary N) is 1. The lowest BCUT2D eigenvalue weighted by atomic mass is 10.2. The lowest BCUT2D eigenvalue weighted by molar-refractivity contribution is 0.489. The van der Waals surface area contributed by atoms with E-state index in [1.54, 1.807) is 11.8 Å². The molecule has 17 heavy (non-hydrogen) atoms. The zero-order chi connectivity index (χ0) is 13.0. The molecule has 1 unspecified atom stereocenters. The van der Waals surface area contributed by atoms with Crippen LogP contribution in [0.4, 0.5) is 0 Å². The van der Waals surface area contributed by atoms with Gasteiger partial charge in [-0.3, -0.25) is 14.3 Å². The van der Waals surface area contributed by atoms with Gasteiger partial charge in [0.25, 0.3) is 5.56 Å². The van der Waals surface area contributed by atoms with E-state index in [0.717, 1.165) is 12.2 Å². The SMILES string of the molecule is CCc1c(Cl)[nH]c(=O)n(C(C)CCSC)c1=O. The summed E-state index contributed by atoms with van der Waals surface area (Å²) in [4.78, 5) is 26.4. The second-order valence-corrected chi connectivity index (χ2v) is 5.25. The van der Waals surface area contributed by atoms with Crippen LogP contribution in [0, 0.1) is 0 Å². The summed E-state index contributed by atoms with van der Waals surface area (Å²) >= 11 is 7.54. The van der Waals surface area contributed by atoms with Gasteiger partial charge in [-0.25, -0.2) is 4.79 Å². The molecule has 0 spiro atoms. The minimum absolute atomic E-state index is 0.110. The van der Waals surface area contributed by atoms with Crippen LogP contribution in [0.25, 0.3) is 0 Å². The van der Waals surface area contributed by atoms with Crippen molar-refractivity contribution in [3.05, 3.63) is 31.6 Å².